The highest BCUT2D eigenvalue weighted by Crippen LogP contribution is 2.24. The Balaban J connectivity index is 2.07. The van der Waals surface area contributed by atoms with Crippen LogP contribution in [-0.2, 0) is 20.6 Å². The van der Waals surface area contributed by atoms with Crippen molar-refractivity contribution in [1.29, 1.82) is 0 Å². The number of nitrogens with zero attached hydrogens (tertiary/aromatic N) is 1. The van der Waals surface area contributed by atoms with Crippen molar-refractivity contribution in [3.8, 4) is 0 Å². The molecule has 1 aromatic rings. The average Bonchev–Trinajstić information content (AvgIpc) is 2.71. The predicted molar refractivity (Wildman–Crippen MR) is 107 cm³/mol. The van der Waals surface area contributed by atoms with Crippen molar-refractivity contribution in [3.63, 3.8) is 0 Å². The van der Waals surface area contributed by atoms with E-state index in [2.05, 4.69) is 17.1 Å². The van der Waals surface area contributed by atoms with E-state index in [1.54, 1.807) is 14.2 Å². The van der Waals surface area contributed by atoms with E-state index in [0.29, 0.717) is 18.0 Å². The highest BCUT2D eigenvalue weighted by Gasteiger charge is 2.21. The average molecular weight is 379 g/mol. The van der Waals surface area contributed by atoms with Crippen LogP contribution in [0.2, 0.25) is 0 Å². The Morgan fingerprint density at radius 3 is 2.52 bits per heavy atom. The third-order valence-electron chi connectivity index (χ3n) is 5.21. The van der Waals surface area contributed by atoms with Gasteiger partial charge in [-0.3, -0.25) is 0 Å². The molecule has 1 fully saturated rings. The van der Waals surface area contributed by atoms with Crippen LogP contribution in [0.1, 0.15) is 48.5 Å². The summed E-state index contributed by atoms with van der Waals surface area (Å²) in [7, 11) is 4.64. The van der Waals surface area contributed by atoms with Gasteiger partial charge in [0.05, 0.1) is 12.7 Å². The zero-order valence-electron chi connectivity index (χ0n) is 17.1. The van der Waals surface area contributed by atoms with Gasteiger partial charge < -0.3 is 24.4 Å². The lowest BCUT2D eigenvalue weighted by molar-refractivity contribution is -0.100. The molecule has 0 saturated carbocycles. The van der Waals surface area contributed by atoms with Gasteiger partial charge in [0, 0.05) is 45.5 Å². The fourth-order valence-corrected chi connectivity index (χ4v) is 3.49. The number of unbranched alkanes of at least 4 members (excludes halogenated alkanes) is 1. The highest BCUT2D eigenvalue weighted by molar-refractivity contribution is 5.90. The summed E-state index contributed by atoms with van der Waals surface area (Å²) in [4.78, 5) is 14.5. The van der Waals surface area contributed by atoms with Crippen molar-refractivity contribution in [1.82, 2.24) is 4.90 Å². The van der Waals surface area contributed by atoms with Crippen molar-refractivity contribution in [2.24, 2.45) is 0 Å². The Morgan fingerprint density at radius 2 is 1.93 bits per heavy atom. The molecule has 152 valence electrons. The van der Waals surface area contributed by atoms with E-state index in [1.807, 2.05) is 18.2 Å². The first-order valence-corrected chi connectivity index (χ1v) is 9.87. The molecule has 1 heterocycles. The van der Waals surface area contributed by atoms with Gasteiger partial charge in [-0.25, -0.2) is 4.79 Å². The van der Waals surface area contributed by atoms with Crippen LogP contribution in [0.4, 0.5) is 5.69 Å². The van der Waals surface area contributed by atoms with E-state index in [1.165, 1.54) is 26.5 Å². The molecule has 1 saturated heterocycles. The number of carbonyl (C=O) groups excluding carboxylic acids is 1. The maximum absolute atomic E-state index is 11.9. The van der Waals surface area contributed by atoms with E-state index in [9.17, 15) is 4.79 Å². The molecule has 1 aromatic carbocycles. The van der Waals surface area contributed by atoms with Crippen molar-refractivity contribution in [2.75, 3.05) is 46.3 Å². The van der Waals surface area contributed by atoms with E-state index >= 15 is 0 Å². The lowest BCUT2D eigenvalue weighted by Gasteiger charge is -2.33. The summed E-state index contributed by atoms with van der Waals surface area (Å²) < 4.78 is 15.6. The molecule has 0 amide bonds. The maximum atomic E-state index is 11.9. The van der Waals surface area contributed by atoms with Gasteiger partial charge >= 0.3 is 5.97 Å². The predicted octanol–water partition coefficient (Wildman–Crippen LogP) is 3.31. The number of anilines is 1. The van der Waals surface area contributed by atoms with E-state index in [-0.39, 0.29) is 12.3 Å². The van der Waals surface area contributed by atoms with Crippen molar-refractivity contribution < 1.29 is 19.0 Å². The minimum absolute atomic E-state index is 0.335. The topological polar surface area (TPSA) is 60.0 Å². The summed E-state index contributed by atoms with van der Waals surface area (Å²) in [6.07, 6.45) is 4.98. The molecule has 2 rings (SSSR count). The van der Waals surface area contributed by atoms with E-state index in [4.69, 9.17) is 14.2 Å². The Hall–Kier alpha value is -1.63. The summed E-state index contributed by atoms with van der Waals surface area (Å²) in [5.41, 5.74) is 2.58. The number of methoxy groups -OCH3 is 3. The van der Waals surface area contributed by atoms with Gasteiger partial charge in [-0.15, -0.1) is 0 Å². The first-order chi connectivity index (χ1) is 13.1. The van der Waals surface area contributed by atoms with Crippen molar-refractivity contribution in [3.05, 3.63) is 29.3 Å². The number of hydrogen-bond donors (Lipinski definition) is 1. The number of nitrogens with one attached hydrogen (secondary N) is 1. The largest absolute Gasteiger partial charge is 0.465 e. The fourth-order valence-electron chi connectivity index (χ4n) is 3.49. The van der Waals surface area contributed by atoms with Gasteiger partial charge in [-0.05, 0) is 49.6 Å². The Morgan fingerprint density at radius 1 is 1.22 bits per heavy atom. The zero-order valence-corrected chi connectivity index (χ0v) is 17.1. The number of piperidine rings is 1. The van der Waals surface area contributed by atoms with Crippen LogP contribution in [0.3, 0.4) is 0 Å². The van der Waals surface area contributed by atoms with Gasteiger partial charge in [-0.1, -0.05) is 13.3 Å². The maximum Gasteiger partial charge on any atom is 0.337 e. The second-order valence-electron chi connectivity index (χ2n) is 7.08. The van der Waals surface area contributed by atoms with Crippen LogP contribution in [0.5, 0.6) is 0 Å². The third-order valence-corrected chi connectivity index (χ3v) is 5.21. The molecule has 0 bridgehead atoms. The van der Waals surface area contributed by atoms with E-state index in [0.717, 1.165) is 37.2 Å². The Labute approximate surface area is 163 Å². The zero-order chi connectivity index (χ0) is 19.6. The highest BCUT2D eigenvalue weighted by atomic mass is 16.7. The Kier molecular flexibility index (Phi) is 9.04. The van der Waals surface area contributed by atoms with Gasteiger partial charge in [0.2, 0.25) is 0 Å². The molecule has 0 atom stereocenters. The lowest BCUT2D eigenvalue weighted by Crippen LogP contribution is -2.39. The number of benzene rings is 1. The number of hydrogen-bond acceptors (Lipinski definition) is 6. The quantitative estimate of drug-likeness (QED) is 0.498. The van der Waals surface area contributed by atoms with Gasteiger partial charge in [0.1, 0.15) is 0 Å². The molecule has 1 aliphatic rings. The molecule has 6 heteroatoms. The molecule has 1 aliphatic heterocycles. The molecule has 0 unspecified atom stereocenters. The Bertz CT molecular complexity index is 582. The first-order valence-electron chi connectivity index (χ1n) is 9.87. The van der Waals surface area contributed by atoms with Crippen molar-refractivity contribution in [2.45, 2.75) is 51.4 Å². The van der Waals surface area contributed by atoms with Gasteiger partial charge in [-0.2, -0.15) is 0 Å². The number of likely N-dealkylation sites (tertiary alicyclic amines) is 1. The lowest BCUT2D eigenvalue weighted by atomic mass is 10.0. The first kappa shape index (κ1) is 21.7. The summed E-state index contributed by atoms with van der Waals surface area (Å²) in [6, 6.07) is 6.08. The van der Waals surface area contributed by atoms with Crippen molar-refractivity contribution >= 4 is 11.7 Å². The number of ether oxygens (including phenoxy) is 3. The molecule has 6 nitrogen and oxygen atoms in total. The molecule has 0 radical (unpaired) electrons. The minimum Gasteiger partial charge on any atom is -0.465 e. The molecule has 0 spiro atoms. The number of esters is 1. The monoisotopic (exact) mass is 378 g/mol. The molecule has 0 aliphatic carbocycles. The molecular weight excluding hydrogens is 344 g/mol. The fraction of sp³-hybridized carbons (Fsp3) is 0.667. The normalized spacial score (nSPS) is 15.9. The summed E-state index contributed by atoms with van der Waals surface area (Å²) >= 11 is 0. The number of rotatable bonds is 10. The molecule has 0 aromatic heterocycles. The SMILES string of the molecule is CCCCN1CCC(Nc2ccc(C(=O)OC)cc2CC(OC)OC)CC1. The second kappa shape index (κ2) is 11.3. The van der Waals surface area contributed by atoms with Crippen LogP contribution < -0.4 is 5.32 Å². The van der Waals surface area contributed by atoms with Crippen LogP contribution in [0, 0.1) is 0 Å². The van der Waals surface area contributed by atoms with Crippen LogP contribution >= 0.6 is 0 Å². The minimum atomic E-state index is -0.352. The second-order valence-corrected chi connectivity index (χ2v) is 7.08. The van der Waals surface area contributed by atoms with Crippen LogP contribution in [0.15, 0.2) is 18.2 Å². The van der Waals surface area contributed by atoms with Gasteiger partial charge in [0.15, 0.2) is 6.29 Å². The van der Waals surface area contributed by atoms with E-state index < -0.39 is 0 Å². The molecule has 1 N–H and O–H groups in total. The third kappa shape index (κ3) is 6.48. The summed E-state index contributed by atoms with van der Waals surface area (Å²) in [5, 5.41) is 3.67. The molecular formula is C21H34N2O4. The summed E-state index contributed by atoms with van der Waals surface area (Å²) in [5.74, 6) is -0.335. The smallest absolute Gasteiger partial charge is 0.337 e. The molecule has 27 heavy (non-hydrogen) atoms. The van der Waals surface area contributed by atoms with Crippen LogP contribution in [-0.4, -0.2) is 64.2 Å². The summed E-state index contributed by atoms with van der Waals surface area (Å²) in [6.45, 7) is 5.70. The van der Waals surface area contributed by atoms with Crippen LogP contribution in [0.25, 0.3) is 0 Å². The standard InChI is InChI=1S/C21H34N2O4/c1-5-6-11-23-12-9-18(10-13-23)22-19-8-7-16(21(24)27-4)14-17(19)15-20(25-2)26-3/h7-8,14,18,20,22H,5-6,9-13,15H2,1-4H3. The number of carbonyl (C=O) groups is 1. The van der Waals surface area contributed by atoms with Gasteiger partial charge in [0.25, 0.3) is 0 Å².